The van der Waals surface area contributed by atoms with Crippen molar-refractivity contribution in [3.8, 4) is 0 Å². The minimum atomic E-state index is 0.412. The Labute approximate surface area is 97.1 Å². The Kier molecular flexibility index (Phi) is 4.29. The summed E-state index contributed by atoms with van der Waals surface area (Å²) < 4.78 is 0. The molecule has 0 spiro atoms. The first kappa shape index (κ1) is 12.7. The summed E-state index contributed by atoms with van der Waals surface area (Å²) in [5, 5.41) is 3.55. The zero-order chi connectivity index (χ0) is 11.5. The SMILES string of the molecule is Cc1ncsc1C(C)NCCC(C)(C)C. The third-order valence-electron chi connectivity index (χ3n) is 2.50. The predicted molar refractivity (Wildman–Crippen MR) is 67.3 cm³/mol. The summed E-state index contributed by atoms with van der Waals surface area (Å²) in [5.74, 6) is 0. The molecule has 86 valence electrons. The van der Waals surface area contributed by atoms with Crippen LogP contribution in [0, 0.1) is 12.3 Å². The fraction of sp³-hybridized carbons (Fsp3) is 0.750. The average Bonchev–Trinajstić information content (AvgIpc) is 2.48. The zero-order valence-electron chi connectivity index (χ0n) is 10.4. The highest BCUT2D eigenvalue weighted by Crippen LogP contribution is 2.22. The summed E-state index contributed by atoms with van der Waals surface area (Å²) in [6, 6.07) is 0.430. The second kappa shape index (κ2) is 5.08. The number of hydrogen-bond acceptors (Lipinski definition) is 3. The largest absolute Gasteiger partial charge is 0.309 e. The summed E-state index contributed by atoms with van der Waals surface area (Å²) in [6.07, 6.45) is 1.20. The average molecular weight is 226 g/mol. The second-order valence-corrected chi connectivity index (χ2v) is 6.17. The number of thiazole rings is 1. The van der Waals surface area contributed by atoms with E-state index >= 15 is 0 Å². The van der Waals surface area contributed by atoms with E-state index in [2.05, 4.69) is 44.9 Å². The molecule has 0 radical (unpaired) electrons. The van der Waals surface area contributed by atoms with E-state index in [1.54, 1.807) is 11.3 Å². The number of rotatable bonds is 4. The third-order valence-corrected chi connectivity index (χ3v) is 3.62. The van der Waals surface area contributed by atoms with Crippen LogP contribution in [-0.2, 0) is 0 Å². The Morgan fingerprint density at radius 2 is 2.13 bits per heavy atom. The highest BCUT2D eigenvalue weighted by atomic mass is 32.1. The van der Waals surface area contributed by atoms with Crippen molar-refractivity contribution in [2.24, 2.45) is 5.41 Å². The smallest absolute Gasteiger partial charge is 0.0798 e. The first-order valence-electron chi connectivity index (χ1n) is 5.53. The molecule has 0 fully saturated rings. The minimum absolute atomic E-state index is 0.412. The van der Waals surface area contributed by atoms with Crippen molar-refractivity contribution in [3.05, 3.63) is 16.1 Å². The van der Waals surface area contributed by atoms with E-state index in [0.717, 1.165) is 12.2 Å². The number of nitrogens with zero attached hydrogens (tertiary/aromatic N) is 1. The lowest BCUT2D eigenvalue weighted by molar-refractivity contribution is 0.358. The van der Waals surface area contributed by atoms with Gasteiger partial charge in [0.1, 0.15) is 0 Å². The highest BCUT2D eigenvalue weighted by molar-refractivity contribution is 7.09. The van der Waals surface area contributed by atoms with E-state index in [1.165, 1.54) is 11.3 Å². The van der Waals surface area contributed by atoms with Gasteiger partial charge in [-0.15, -0.1) is 11.3 Å². The van der Waals surface area contributed by atoms with Gasteiger partial charge < -0.3 is 5.32 Å². The fourth-order valence-corrected chi connectivity index (χ4v) is 2.32. The van der Waals surface area contributed by atoms with E-state index in [9.17, 15) is 0 Å². The molecule has 1 heterocycles. The lowest BCUT2D eigenvalue weighted by Gasteiger charge is -2.20. The molecule has 2 nitrogen and oxygen atoms in total. The Hall–Kier alpha value is -0.410. The number of hydrogen-bond donors (Lipinski definition) is 1. The molecule has 1 aromatic heterocycles. The van der Waals surface area contributed by atoms with Crippen molar-refractivity contribution in [1.29, 1.82) is 0 Å². The second-order valence-electron chi connectivity index (χ2n) is 5.29. The van der Waals surface area contributed by atoms with Gasteiger partial charge in [0.15, 0.2) is 0 Å². The maximum Gasteiger partial charge on any atom is 0.0798 e. The summed E-state index contributed by atoms with van der Waals surface area (Å²) in [4.78, 5) is 5.64. The first-order chi connectivity index (χ1) is 6.90. The third kappa shape index (κ3) is 4.31. The van der Waals surface area contributed by atoms with Crippen LogP contribution in [0.3, 0.4) is 0 Å². The first-order valence-corrected chi connectivity index (χ1v) is 6.41. The lowest BCUT2D eigenvalue weighted by atomic mass is 9.92. The minimum Gasteiger partial charge on any atom is -0.309 e. The van der Waals surface area contributed by atoms with E-state index in [-0.39, 0.29) is 0 Å². The van der Waals surface area contributed by atoms with Crippen molar-refractivity contribution < 1.29 is 0 Å². The van der Waals surface area contributed by atoms with Gasteiger partial charge in [-0.05, 0) is 32.2 Å². The van der Waals surface area contributed by atoms with E-state index in [0.29, 0.717) is 11.5 Å². The molecule has 1 N–H and O–H groups in total. The molecule has 15 heavy (non-hydrogen) atoms. The Balaban J connectivity index is 2.37. The van der Waals surface area contributed by atoms with E-state index < -0.39 is 0 Å². The molecule has 0 aromatic carbocycles. The fourth-order valence-electron chi connectivity index (χ4n) is 1.48. The summed E-state index contributed by atoms with van der Waals surface area (Å²) in [6.45, 7) is 12.2. The molecule has 3 heteroatoms. The van der Waals surface area contributed by atoms with Crippen LogP contribution < -0.4 is 5.32 Å². The van der Waals surface area contributed by atoms with Crippen LogP contribution in [0.15, 0.2) is 5.51 Å². The van der Waals surface area contributed by atoms with Crippen LogP contribution >= 0.6 is 11.3 Å². The molecule has 0 aliphatic carbocycles. The topological polar surface area (TPSA) is 24.9 Å². The van der Waals surface area contributed by atoms with E-state index in [4.69, 9.17) is 0 Å². The van der Waals surface area contributed by atoms with Crippen LogP contribution in [0.2, 0.25) is 0 Å². The number of aryl methyl sites for hydroxylation is 1. The van der Waals surface area contributed by atoms with Crippen LogP contribution in [-0.4, -0.2) is 11.5 Å². The molecule has 0 aliphatic heterocycles. The Morgan fingerprint density at radius 3 is 2.60 bits per heavy atom. The Morgan fingerprint density at radius 1 is 1.47 bits per heavy atom. The van der Waals surface area contributed by atoms with Crippen LogP contribution in [0.1, 0.15) is 50.7 Å². The summed E-state index contributed by atoms with van der Waals surface area (Å²) >= 11 is 1.74. The molecule has 1 rings (SSSR count). The van der Waals surface area contributed by atoms with Gasteiger partial charge in [-0.1, -0.05) is 20.8 Å². The van der Waals surface area contributed by atoms with Crippen molar-refractivity contribution in [3.63, 3.8) is 0 Å². The predicted octanol–water partition coefficient (Wildman–Crippen LogP) is 3.54. The number of nitrogens with one attached hydrogen (secondary N) is 1. The van der Waals surface area contributed by atoms with Crippen molar-refractivity contribution >= 4 is 11.3 Å². The lowest BCUT2D eigenvalue weighted by Crippen LogP contribution is -2.23. The maximum absolute atomic E-state index is 4.27. The molecular formula is C12H22N2S. The van der Waals surface area contributed by atoms with Crippen molar-refractivity contribution in [2.75, 3.05) is 6.54 Å². The van der Waals surface area contributed by atoms with Crippen molar-refractivity contribution in [1.82, 2.24) is 10.3 Å². The van der Waals surface area contributed by atoms with Gasteiger partial charge in [-0.2, -0.15) is 0 Å². The maximum atomic E-state index is 4.27. The quantitative estimate of drug-likeness (QED) is 0.849. The summed E-state index contributed by atoms with van der Waals surface area (Å²) in [7, 11) is 0. The summed E-state index contributed by atoms with van der Waals surface area (Å²) in [5.41, 5.74) is 3.50. The molecule has 0 saturated heterocycles. The molecule has 1 unspecified atom stereocenters. The molecule has 0 amide bonds. The zero-order valence-corrected chi connectivity index (χ0v) is 11.2. The Bertz CT molecular complexity index is 299. The molecule has 0 saturated carbocycles. The van der Waals surface area contributed by atoms with Gasteiger partial charge >= 0.3 is 0 Å². The monoisotopic (exact) mass is 226 g/mol. The molecule has 0 aliphatic rings. The molecular weight excluding hydrogens is 204 g/mol. The van der Waals surface area contributed by atoms with Gasteiger partial charge in [-0.25, -0.2) is 4.98 Å². The van der Waals surface area contributed by atoms with Gasteiger partial charge in [0.2, 0.25) is 0 Å². The molecule has 1 aromatic rings. The normalized spacial score (nSPS) is 14.2. The molecule has 0 bridgehead atoms. The van der Waals surface area contributed by atoms with Gasteiger partial charge in [0, 0.05) is 10.9 Å². The van der Waals surface area contributed by atoms with Gasteiger partial charge in [0.25, 0.3) is 0 Å². The number of aromatic nitrogens is 1. The van der Waals surface area contributed by atoms with Crippen LogP contribution in [0.25, 0.3) is 0 Å². The van der Waals surface area contributed by atoms with Gasteiger partial charge in [0.05, 0.1) is 11.2 Å². The highest BCUT2D eigenvalue weighted by Gasteiger charge is 2.13. The van der Waals surface area contributed by atoms with Crippen LogP contribution in [0.4, 0.5) is 0 Å². The van der Waals surface area contributed by atoms with Crippen LogP contribution in [0.5, 0.6) is 0 Å². The van der Waals surface area contributed by atoms with E-state index in [1.807, 2.05) is 5.51 Å². The van der Waals surface area contributed by atoms with Crippen molar-refractivity contribution in [2.45, 2.75) is 47.1 Å². The van der Waals surface area contributed by atoms with Gasteiger partial charge in [-0.3, -0.25) is 0 Å². The standard InChI is InChI=1S/C12H22N2S/c1-9(11-10(2)14-8-15-11)13-7-6-12(3,4)5/h8-9,13H,6-7H2,1-5H3. The molecule has 1 atom stereocenters.